The van der Waals surface area contributed by atoms with Crippen LogP contribution in [0, 0.1) is 22.7 Å². The molecule has 0 aliphatic carbocycles. The number of carbonyl (C=O) groups is 1. The molecule has 1 aromatic carbocycles. The highest BCUT2D eigenvalue weighted by Gasteiger charge is 2.07. The van der Waals surface area contributed by atoms with Crippen LogP contribution >= 0.6 is 0 Å². The summed E-state index contributed by atoms with van der Waals surface area (Å²) in [5.41, 5.74) is 3.58. The summed E-state index contributed by atoms with van der Waals surface area (Å²) >= 11 is 0. The lowest BCUT2D eigenvalue weighted by molar-refractivity contribution is 0.0691. The van der Waals surface area contributed by atoms with E-state index in [1.54, 1.807) is 30.3 Å². The summed E-state index contributed by atoms with van der Waals surface area (Å²) in [6, 6.07) is 9.72. The normalized spacial score (nSPS) is 9.37. The van der Waals surface area contributed by atoms with Crippen LogP contribution in [0.2, 0.25) is 0 Å². The number of rotatable bonds is 3. The van der Waals surface area contributed by atoms with Crippen molar-refractivity contribution in [1.82, 2.24) is 4.98 Å². The van der Waals surface area contributed by atoms with Crippen molar-refractivity contribution in [2.45, 2.75) is 0 Å². The van der Waals surface area contributed by atoms with E-state index < -0.39 is 5.97 Å². The van der Waals surface area contributed by atoms with Crippen molar-refractivity contribution >= 4 is 28.3 Å². The van der Waals surface area contributed by atoms with E-state index in [0.717, 1.165) is 0 Å². The van der Waals surface area contributed by atoms with E-state index in [1.165, 1.54) is 6.07 Å². The number of H-pyrrole nitrogens is 1. The number of aromatic amines is 1. The zero-order valence-electron chi connectivity index (χ0n) is 9.51. The maximum Gasteiger partial charge on any atom is 0.352 e. The predicted molar refractivity (Wildman–Crippen MR) is 67.5 cm³/mol. The highest BCUT2D eigenvalue weighted by Crippen LogP contribution is 2.20. The van der Waals surface area contributed by atoms with E-state index >= 15 is 0 Å². The average molecular weight is 253 g/mol. The van der Waals surface area contributed by atoms with Crippen LogP contribution in [0.25, 0.3) is 10.9 Å². The van der Waals surface area contributed by atoms with Crippen molar-refractivity contribution in [1.29, 1.82) is 10.5 Å². The van der Waals surface area contributed by atoms with Gasteiger partial charge in [0.2, 0.25) is 5.71 Å². The molecule has 0 spiro atoms. The summed E-state index contributed by atoms with van der Waals surface area (Å²) in [6.07, 6.45) is 0. The van der Waals surface area contributed by atoms with Gasteiger partial charge in [-0.05, 0) is 24.3 Å². The molecule has 0 saturated carbocycles. The Hall–Kier alpha value is -3.32. The number of nitriles is 2. The minimum atomic E-state index is -1.04. The molecular weight excluding hydrogens is 246 g/mol. The van der Waals surface area contributed by atoms with Gasteiger partial charge in [0.25, 0.3) is 0 Å². The van der Waals surface area contributed by atoms with Crippen molar-refractivity contribution in [3.05, 3.63) is 30.0 Å². The Morgan fingerprint density at radius 3 is 2.68 bits per heavy atom. The molecule has 1 aromatic heterocycles. The molecule has 0 atom stereocenters. The van der Waals surface area contributed by atoms with Gasteiger partial charge in [0, 0.05) is 10.9 Å². The Kier molecular flexibility index (Phi) is 3.13. The molecule has 0 bridgehead atoms. The van der Waals surface area contributed by atoms with Gasteiger partial charge in [-0.3, -0.25) is 5.43 Å². The molecule has 0 saturated heterocycles. The Labute approximate surface area is 107 Å². The van der Waals surface area contributed by atoms with Gasteiger partial charge >= 0.3 is 5.97 Å². The van der Waals surface area contributed by atoms with E-state index in [9.17, 15) is 4.79 Å². The van der Waals surface area contributed by atoms with Crippen molar-refractivity contribution in [3.63, 3.8) is 0 Å². The first kappa shape index (κ1) is 12.1. The topological polar surface area (TPSA) is 125 Å². The van der Waals surface area contributed by atoms with E-state index in [1.807, 2.05) is 0 Å². The second-order valence-electron chi connectivity index (χ2n) is 3.59. The molecule has 19 heavy (non-hydrogen) atoms. The molecule has 0 radical (unpaired) electrons. The Morgan fingerprint density at radius 1 is 1.32 bits per heavy atom. The van der Waals surface area contributed by atoms with Crippen LogP contribution in [0.5, 0.6) is 0 Å². The van der Waals surface area contributed by atoms with Crippen LogP contribution in [-0.4, -0.2) is 21.8 Å². The molecule has 0 aliphatic heterocycles. The standard InChI is InChI=1S/C12H7N5O2/c13-5-9(6-14)17-16-8-1-2-10-7(3-8)4-11(15-10)12(18)19/h1-4,15-16H,(H,18,19). The lowest BCUT2D eigenvalue weighted by Crippen LogP contribution is -1.95. The Bertz CT molecular complexity index is 744. The zero-order valence-corrected chi connectivity index (χ0v) is 9.51. The SMILES string of the molecule is N#CC(C#N)=NNc1ccc2[nH]c(C(=O)O)cc2c1. The molecule has 0 fully saturated rings. The van der Waals surface area contributed by atoms with Gasteiger partial charge in [0.1, 0.15) is 17.8 Å². The Balaban J connectivity index is 2.32. The number of benzene rings is 1. The van der Waals surface area contributed by atoms with Crippen LogP contribution < -0.4 is 5.43 Å². The van der Waals surface area contributed by atoms with Crippen LogP contribution in [-0.2, 0) is 0 Å². The largest absolute Gasteiger partial charge is 0.477 e. The average Bonchev–Trinajstić information content (AvgIpc) is 2.83. The van der Waals surface area contributed by atoms with Crippen LogP contribution in [0.1, 0.15) is 10.5 Å². The number of aromatic carboxylic acids is 1. The Morgan fingerprint density at radius 2 is 2.05 bits per heavy atom. The minimum absolute atomic E-state index is 0.0883. The van der Waals surface area contributed by atoms with Gasteiger partial charge in [-0.15, -0.1) is 0 Å². The third-order valence-electron chi connectivity index (χ3n) is 2.36. The molecule has 7 heteroatoms. The van der Waals surface area contributed by atoms with Crippen molar-refractivity contribution in [2.24, 2.45) is 5.10 Å². The van der Waals surface area contributed by atoms with Crippen molar-refractivity contribution < 1.29 is 9.90 Å². The number of carboxylic acids is 1. The molecular formula is C12H7N5O2. The van der Waals surface area contributed by atoms with Gasteiger partial charge in [0.05, 0.1) is 5.69 Å². The number of nitrogens with one attached hydrogen (secondary N) is 2. The monoisotopic (exact) mass is 253 g/mol. The molecule has 7 nitrogen and oxygen atoms in total. The molecule has 2 rings (SSSR count). The number of hydrazone groups is 1. The highest BCUT2D eigenvalue weighted by atomic mass is 16.4. The number of nitrogens with zero attached hydrogens (tertiary/aromatic N) is 3. The van der Waals surface area contributed by atoms with Crippen molar-refractivity contribution in [2.75, 3.05) is 5.43 Å². The summed E-state index contributed by atoms with van der Waals surface area (Å²) in [4.78, 5) is 13.5. The zero-order chi connectivity index (χ0) is 13.8. The predicted octanol–water partition coefficient (Wildman–Crippen LogP) is 1.68. The second kappa shape index (κ2) is 4.90. The van der Waals surface area contributed by atoms with Crippen LogP contribution in [0.3, 0.4) is 0 Å². The summed E-state index contributed by atoms with van der Waals surface area (Å²) in [5.74, 6) is -1.04. The number of carboxylic acid groups (broad SMARTS) is 1. The van der Waals surface area contributed by atoms with E-state index in [2.05, 4.69) is 15.5 Å². The number of aromatic nitrogens is 1. The maximum atomic E-state index is 10.8. The lowest BCUT2D eigenvalue weighted by Gasteiger charge is -1.99. The molecule has 3 N–H and O–H groups in total. The lowest BCUT2D eigenvalue weighted by atomic mass is 10.2. The molecule has 0 unspecified atom stereocenters. The maximum absolute atomic E-state index is 10.8. The van der Waals surface area contributed by atoms with Gasteiger partial charge < -0.3 is 10.1 Å². The molecule has 92 valence electrons. The fourth-order valence-electron chi connectivity index (χ4n) is 1.51. The first-order chi connectivity index (χ1) is 9.13. The number of anilines is 1. The van der Waals surface area contributed by atoms with Gasteiger partial charge in [-0.25, -0.2) is 4.79 Å². The van der Waals surface area contributed by atoms with Crippen LogP contribution in [0.4, 0.5) is 5.69 Å². The summed E-state index contributed by atoms with van der Waals surface area (Å²) in [6.45, 7) is 0. The third-order valence-corrected chi connectivity index (χ3v) is 2.36. The van der Waals surface area contributed by atoms with Gasteiger partial charge in [-0.2, -0.15) is 15.6 Å². The second-order valence-corrected chi connectivity index (χ2v) is 3.59. The van der Waals surface area contributed by atoms with E-state index in [4.69, 9.17) is 15.6 Å². The number of fused-ring (bicyclic) bond motifs is 1. The fourth-order valence-corrected chi connectivity index (χ4v) is 1.51. The third kappa shape index (κ3) is 2.51. The summed E-state index contributed by atoms with van der Waals surface area (Å²) < 4.78 is 0. The highest BCUT2D eigenvalue weighted by molar-refractivity contribution is 6.10. The number of hydrogen-bond acceptors (Lipinski definition) is 5. The van der Waals surface area contributed by atoms with Crippen LogP contribution in [0.15, 0.2) is 29.4 Å². The smallest absolute Gasteiger partial charge is 0.352 e. The van der Waals surface area contributed by atoms with E-state index in [0.29, 0.717) is 16.6 Å². The first-order valence-corrected chi connectivity index (χ1v) is 5.14. The molecule has 2 aromatic rings. The fraction of sp³-hybridized carbons (Fsp3) is 0. The first-order valence-electron chi connectivity index (χ1n) is 5.14. The minimum Gasteiger partial charge on any atom is -0.477 e. The summed E-state index contributed by atoms with van der Waals surface area (Å²) in [5, 5.41) is 30.2. The van der Waals surface area contributed by atoms with Crippen molar-refractivity contribution in [3.8, 4) is 12.1 Å². The summed E-state index contributed by atoms with van der Waals surface area (Å²) in [7, 11) is 0. The van der Waals surface area contributed by atoms with E-state index in [-0.39, 0.29) is 11.4 Å². The molecule has 0 amide bonds. The molecule has 1 heterocycles. The van der Waals surface area contributed by atoms with Gasteiger partial charge in [0.15, 0.2) is 0 Å². The quantitative estimate of drug-likeness (QED) is 0.566. The number of hydrogen-bond donors (Lipinski definition) is 3. The van der Waals surface area contributed by atoms with Gasteiger partial charge in [-0.1, -0.05) is 0 Å². The molecule has 0 aliphatic rings.